The molecule has 2 aromatic rings. The Bertz CT molecular complexity index is 510. The summed E-state index contributed by atoms with van der Waals surface area (Å²) < 4.78 is 18.9. The van der Waals surface area contributed by atoms with Crippen LogP contribution in [-0.4, -0.2) is 0 Å². The highest BCUT2D eigenvalue weighted by molar-refractivity contribution is 5.78. The Morgan fingerprint density at radius 2 is 2.00 bits per heavy atom. The smallest absolute Gasteiger partial charge is 0.169 e. The molecular weight excluding hydrogens is 205 g/mol. The minimum absolute atomic E-state index is 0.107. The molecule has 0 saturated heterocycles. The van der Waals surface area contributed by atoms with Crippen LogP contribution in [0.4, 0.5) is 4.39 Å². The lowest BCUT2D eigenvalue weighted by atomic mass is 9.86. The van der Waals surface area contributed by atoms with E-state index in [9.17, 15) is 4.39 Å². The van der Waals surface area contributed by atoms with Crippen molar-refractivity contribution in [2.45, 2.75) is 26.8 Å². The summed E-state index contributed by atoms with van der Waals surface area (Å²) in [7, 11) is 0. The number of fused-ring (bicyclic) bond motifs is 1. The summed E-state index contributed by atoms with van der Waals surface area (Å²) in [5.41, 5.74) is 6.25. The molecule has 2 rings (SSSR count). The van der Waals surface area contributed by atoms with Crippen molar-refractivity contribution in [3.8, 4) is 0 Å². The minimum atomic E-state index is -0.343. The van der Waals surface area contributed by atoms with E-state index in [-0.39, 0.29) is 22.9 Å². The molecule has 1 aromatic heterocycles. The van der Waals surface area contributed by atoms with Gasteiger partial charge in [0.2, 0.25) is 0 Å². The van der Waals surface area contributed by atoms with E-state index in [1.54, 1.807) is 6.07 Å². The van der Waals surface area contributed by atoms with Gasteiger partial charge in [0.05, 0.1) is 6.04 Å². The van der Waals surface area contributed by atoms with Crippen LogP contribution in [0.15, 0.2) is 28.7 Å². The van der Waals surface area contributed by atoms with Gasteiger partial charge in [-0.15, -0.1) is 0 Å². The normalized spacial score (nSPS) is 14.3. The zero-order chi connectivity index (χ0) is 11.9. The van der Waals surface area contributed by atoms with Crippen molar-refractivity contribution in [1.29, 1.82) is 0 Å². The molecule has 0 aliphatic heterocycles. The molecule has 0 amide bonds. The third kappa shape index (κ3) is 1.83. The number of para-hydroxylation sites is 1. The van der Waals surface area contributed by atoms with Crippen LogP contribution in [0.25, 0.3) is 11.0 Å². The van der Waals surface area contributed by atoms with Gasteiger partial charge in [-0.25, -0.2) is 4.39 Å². The van der Waals surface area contributed by atoms with Crippen LogP contribution in [0.2, 0.25) is 0 Å². The van der Waals surface area contributed by atoms with E-state index in [1.807, 2.05) is 32.9 Å². The molecule has 1 heterocycles. The molecule has 0 spiro atoms. The Hall–Kier alpha value is -1.35. The second-order valence-electron chi connectivity index (χ2n) is 5.15. The van der Waals surface area contributed by atoms with E-state index in [4.69, 9.17) is 10.2 Å². The third-order valence-electron chi connectivity index (χ3n) is 2.75. The van der Waals surface area contributed by atoms with Crippen LogP contribution in [0, 0.1) is 11.2 Å². The quantitative estimate of drug-likeness (QED) is 0.798. The predicted molar refractivity (Wildman–Crippen MR) is 62.6 cm³/mol. The van der Waals surface area contributed by atoms with Crippen molar-refractivity contribution in [3.63, 3.8) is 0 Å². The highest BCUT2D eigenvalue weighted by Crippen LogP contribution is 2.34. The summed E-state index contributed by atoms with van der Waals surface area (Å²) in [6, 6.07) is 6.45. The van der Waals surface area contributed by atoms with Crippen LogP contribution < -0.4 is 5.73 Å². The number of benzene rings is 1. The number of hydrogen-bond acceptors (Lipinski definition) is 2. The monoisotopic (exact) mass is 221 g/mol. The molecule has 1 aromatic carbocycles. The lowest BCUT2D eigenvalue weighted by Crippen LogP contribution is -2.25. The Morgan fingerprint density at radius 3 is 2.56 bits per heavy atom. The van der Waals surface area contributed by atoms with Crippen LogP contribution in [0.1, 0.15) is 32.6 Å². The Morgan fingerprint density at radius 1 is 1.31 bits per heavy atom. The van der Waals surface area contributed by atoms with Crippen LogP contribution >= 0.6 is 0 Å². The Labute approximate surface area is 94.2 Å². The maximum absolute atomic E-state index is 13.4. The molecule has 0 aliphatic rings. The number of rotatable bonds is 1. The molecule has 3 heteroatoms. The fraction of sp³-hybridized carbons (Fsp3) is 0.385. The summed E-state index contributed by atoms with van der Waals surface area (Å²) >= 11 is 0. The summed E-state index contributed by atoms with van der Waals surface area (Å²) in [6.07, 6.45) is 0. The van der Waals surface area contributed by atoms with Gasteiger partial charge in [-0.1, -0.05) is 32.9 Å². The molecule has 1 atom stereocenters. The topological polar surface area (TPSA) is 39.2 Å². The van der Waals surface area contributed by atoms with Crippen LogP contribution in [-0.2, 0) is 0 Å². The first-order valence-electron chi connectivity index (χ1n) is 5.33. The molecule has 2 nitrogen and oxygen atoms in total. The molecule has 0 bridgehead atoms. The standard InChI is InChI=1S/C13H16FNO/c1-13(2,3)12(15)10-7-8-5-4-6-9(14)11(8)16-10/h4-7,12H,15H2,1-3H3. The molecule has 2 N–H and O–H groups in total. The first kappa shape index (κ1) is 11.1. The van der Waals surface area contributed by atoms with Gasteiger partial charge >= 0.3 is 0 Å². The van der Waals surface area contributed by atoms with E-state index < -0.39 is 0 Å². The Kier molecular flexibility index (Phi) is 2.50. The van der Waals surface area contributed by atoms with Crippen molar-refractivity contribution in [2.24, 2.45) is 11.1 Å². The van der Waals surface area contributed by atoms with Gasteiger partial charge in [0.1, 0.15) is 5.76 Å². The van der Waals surface area contributed by atoms with Gasteiger partial charge in [-0.2, -0.15) is 0 Å². The third-order valence-corrected chi connectivity index (χ3v) is 2.75. The molecule has 0 fully saturated rings. The fourth-order valence-electron chi connectivity index (χ4n) is 1.63. The average molecular weight is 221 g/mol. The molecule has 1 unspecified atom stereocenters. The van der Waals surface area contributed by atoms with Crippen molar-refractivity contribution >= 4 is 11.0 Å². The van der Waals surface area contributed by atoms with Crippen LogP contribution in [0.3, 0.4) is 0 Å². The van der Waals surface area contributed by atoms with E-state index in [0.717, 1.165) is 5.39 Å². The SMILES string of the molecule is CC(C)(C)C(N)c1cc2cccc(F)c2o1. The lowest BCUT2D eigenvalue weighted by molar-refractivity contribution is 0.289. The summed E-state index contributed by atoms with van der Waals surface area (Å²) in [5, 5.41) is 0.759. The van der Waals surface area contributed by atoms with Gasteiger partial charge < -0.3 is 10.2 Å². The average Bonchev–Trinajstić information content (AvgIpc) is 2.60. The summed E-state index contributed by atoms with van der Waals surface area (Å²) in [6.45, 7) is 6.09. The number of nitrogens with two attached hydrogens (primary N) is 1. The first-order chi connectivity index (χ1) is 7.39. The highest BCUT2D eigenvalue weighted by atomic mass is 19.1. The van der Waals surface area contributed by atoms with Gasteiger partial charge in [-0.05, 0) is 17.5 Å². The van der Waals surface area contributed by atoms with Crippen molar-refractivity contribution in [2.75, 3.05) is 0 Å². The van der Waals surface area contributed by atoms with E-state index in [1.165, 1.54) is 6.07 Å². The predicted octanol–water partition coefficient (Wildman–Crippen LogP) is 3.62. The second kappa shape index (κ2) is 3.59. The summed E-state index contributed by atoms with van der Waals surface area (Å²) in [4.78, 5) is 0. The van der Waals surface area contributed by atoms with Gasteiger partial charge in [0, 0.05) is 5.39 Å². The van der Waals surface area contributed by atoms with E-state index in [2.05, 4.69) is 0 Å². The molecule has 86 valence electrons. The van der Waals surface area contributed by atoms with Crippen molar-refractivity contribution in [1.82, 2.24) is 0 Å². The molecule has 0 radical (unpaired) electrons. The lowest BCUT2D eigenvalue weighted by Gasteiger charge is -2.24. The molecule has 0 saturated carbocycles. The van der Waals surface area contributed by atoms with Crippen LogP contribution in [0.5, 0.6) is 0 Å². The van der Waals surface area contributed by atoms with Crippen molar-refractivity contribution in [3.05, 3.63) is 35.8 Å². The zero-order valence-corrected chi connectivity index (χ0v) is 9.75. The number of halogens is 1. The second-order valence-corrected chi connectivity index (χ2v) is 5.15. The largest absolute Gasteiger partial charge is 0.456 e. The number of furan rings is 1. The van der Waals surface area contributed by atoms with Gasteiger partial charge in [-0.3, -0.25) is 0 Å². The van der Waals surface area contributed by atoms with E-state index >= 15 is 0 Å². The van der Waals surface area contributed by atoms with Crippen molar-refractivity contribution < 1.29 is 8.81 Å². The highest BCUT2D eigenvalue weighted by Gasteiger charge is 2.25. The minimum Gasteiger partial charge on any atom is -0.456 e. The number of hydrogen-bond donors (Lipinski definition) is 1. The maximum Gasteiger partial charge on any atom is 0.169 e. The molecule has 16 heavy (non-hydrogen) atoms. The molecular formula is C13H16FNO. The van der Waals surface area contributed by atoms with Gasteiger partial charge in [0.25, 0.3) is 0 Å². The maximum atomic E-state index is 13.4. The molecule has 0 aliphatic carbocycles. The van der Waals surface area contributed by atoms with E-state index in [0.29, 0.717) is 5.76 Å². The van der Waals surface area contributed by atoms with Gasteiger partial charge in [0.15, 0.2) is 11.4 Å². The zero-order valence-electron chi connectivity index (χ0n) is 9.75. The first-order valence-corrected chi connectivity index (χ1v) is 5.33. The fourth-order valence-corrected chi connectivity index (χ4v) is 1.63. The Balaban J connectivity index is 2.52. The summed E-state index contributed by atoms with van der Waals surface area (Å²) in [5.74, 6) is 0.289.